The van der Waals surface area contributed by atoms with E-state index in [9.17, 15) is 4.39 Å². The molecule has 1 aromatic carbocycles. The maximum absolute atomic E-state index is 12.8. The molecule has 0 atom stereocenters. The van der Waals surface area contributed by atoms with Crippen LogP contribution in [0.15, 0.2) is 66.5 Å². The molecule has 1 nitrogen and oxygen atoms in total. The van der Waals surface area contributed by atoms with Crippen LogP contribution in [-0.2, 0) is 0 Å². The first-order valence-corrected chi connectivity index (χ1v) is 5.78. The van der Waals surface area contributed by atoms with E-state index in [0.29, 0.717) is 0 Å². The topological polar surface area (TPSA) is 12.0 Å². The molecule has 1 rings (SSSR count). The Hall–Kier alpha value is -2.09. The van der Waals surface area contributed by atoms with Gasteiger partial charge in [0.15, 0.2) is 0 Å². The summed E-state index contributed by atoms with van der Waals surface area (Å²) in [5.41, 5.74) is 3.13. The van der Waals surface area contributed by atoms with E-state index >= 15 is 0 Å². The zero-order valence-electron chi connectivity index (χ0n) is 10.8. The summed E-state index contributed by atoms with van der Waals surface area (Å²) < 4.78 is 12.8. The summed E-state index contributed by atoms with van der Waals surface area (Å²) in [6.45, 7) is 5.28. The third-order valence-corrected chi connectivity index (χ3v) is 2.46. The van der Waals surface area contributed by atoms with Gasteiger partial charge in [0.05, 0.1) is 0 Å². The molecule has 1 aromatic rings. The monoisotopic (exact) mass is 243 g/mol. The van der Waals surface area contributed by atoms with Crippen LogP contribution in [-0.4, -0.2) is 7.05 Å². The predicted molar refractivity (Wildman–Crippen MR) is 78.2 cm³/mol. The standard InChI is InChI=1S/C16H18FN/c1-4-15(17)12-10-13(2)9-11-14-7-5-6-8-16(14)18-3/h4-12,18H,1H2,2-3H3/b11-9+,13-10+,15-12+. The van der Waals surface area contributed by atoms with Gasteiger partial charge in [-0.3, -0.25) is 0 Å². The molecule has 1 N–H and O–H groups in total. The Kier molecular flexibility index (Phi) is 5.65. The highest BCUT2D eigenvalue weighted by Crippen LogP contribution is 2.16. The van der Waals surface area contributed by atoms with E-state index in [4.69, 9.17) is 0 Å². The van der Waals surface area contributed by atoms with Crippen LogP contribution in [0.2, 0.25) is 0 Å². The lowest BCUT2D eigenvalue weighted by molar-refractivity contribution is 0.668. The number of nitrogens with one attached hydrogen (secondary N) is 1. The van der Waals surface area contributed by atoms with Gasteiger partial charge in [0.1, 0.15) is 5.83 Å². The Balaban J connectivity index is 2.83. The van der Waals surface area contributed by atoms with E-state index < -0.39 is 0 Å². The maximum Gasteiger partial charge on any atom is 0.122 e. The fraction of sp³-hybridized carbons (Fsp3) is 0.125. The van der Waals surface area contributed by atoms with Crippen molar-refractivity contribution in [2.75, 3.05) is 12.4 Å². The van der Waals surface area contributed by atoms with E-state index in [2.05, 4.69) is 11.9 Å². The van der Waals surface area contributed by atoms with Crippen molar-refractivity contribution in [3.8, 4) is 0 Å². The van der Waals surface area contributed by atoms with Crippen LogP contribution in [0.4, 0.5) is 10.1 Å². The molecule has 0 unspecified atom stereocenters. The van der Waals surface area contributed by atoms with E-state index in [1.165, 1.54) is 12.2 Å². The zero-order valence-corrected chi connectivity index (χ0v) is 10.8. The quantitative estimate of drug-likeness (QED) is 0.737. The zero-order chi connectivity index (χ0) is 13.4. The highest BCUT2D eigenvalue weighted by molar-refractivity contribution is 5.67. The van der Waals surface area contributed by atoms with Crippen LogP contribution in [0.1, 0.15) is 12.5 Å². The summed E-state index contributed by atoms with van der Waals surface area (Å²) in [5, 5.41) is 3.12. The molecule has 0 aliphatic rings. The predicted octanol–water partition coefficient (Wildman–Crippen LogP) is 4.73. The van der Waals surface area contributed by atoms with Gasteiger partial charge in [-0.05, 0) is 30.7 Å². The average Bonchev–Trinajstić information content (AvgIpc) is 2.42. The number of benzene rings is 1. The summed E-state index contributed by atoms with van der Waals surface area (Å²) in [6, 6.07) is 8.00. The minimum absolute atomic E-state index is 0.335. The summed E-state index contributed by atoms with van der Waals surface area (Å²) in [6.07, 6.45) is 8.25. The summed E-state index contributed by atoms with van der Waals surface area (Å²) in [7, 11) is 1.89. The number of rotatable bonds is 5. The fourth-order valence-corrected chi connectivity index (χ4v) is 1.43. The molecule has 0 radical (unpaired) electrons. The SMILES string of the molecule is C=C\C(F)=C/C=C(C)/C=C/c1ccccc1NC. The second-order valence-electron chi connectivity index (χ2n) is 3.84. The second kappa shape index (κ2) is 7.28. The number of halogens is 1. The van der Waals surface area contributed by atoms with Crippen molar-refractivity contribution in [2.45, 2.75) is 6.92 Å². The van der Waals surface area contributed by atoms with Gasteiger partial charge in [-0.15, -0.1) is 0 Å². The summed E-state index contributed by atoms with van der Waals surface area (Å²) >= 11 is 0. The summed E-state index contributed by atoms with van der Waals surface area (Å²) in [5.74, 6) is -0.335. The molecule has 0 spiro atoms. The van der Waals surface area contributed by atoms with Gasteiger partial charge in [-0.1, -0.05) is 48.6 Å². The molecule has 0 bridgehead atoms. The van der Waals surface area contributed by atoms with Crippen molar-refractivity contribution in [2.24, 2.45) is 0 Å². The molecule has 0 aliphatic heterocycles. The molecule has 0 aromatic heterocycles. The van der Waals surface area contributed by atoms with E-state index in [1.54, 1.807) is 6.08 Å². The number of anilines is 1. The minimum atomic E-state index is -0.335. The molecule has 94 valence electrons. The molecular formula is C16H18FN. The molecule has 0 aliphatic carbocycles. The second-order valence-corrected chi connectivity index (χ2v) is 3.84. The van der Waals surface area contributed by atoms with Crippen LogP contribution in [0, 0.1) is 0 Å². The van der Waals surface area contributed by atoms with Gasteiger partial charge in [0, 0.05) is 12.7 Å². The fourth-order valence-electron chi connectivity index (χ4n) is 1.43. The van der Waals surface area contributed by atoms with Gasteiger partial charge in [0.2, 0.25) is 0 Å². The van der Waals surface area contributed by atoms with Gasteiger partial charge in [0.25, 0.3) is 0 Å². The summed E-state index contributed by atoms with van der Waals surface area (Å²) in [4.78, 5) is 0. The van der Waals surface area contributed by atoms with Crippen molar-refractivity contribution in [3.05, 3.63) is 72.1 Å². The Bertz CT molecular complexity index is 496. The van der Waals surface area contributed by atoms with Crippen LogP contribution < -0.4 is 5.32 Å². The minimum Gasteiger partial charge on any atom is -0.388 e. The first-order chi connectivity index (χ1) is 8.67. The van der Waals surface area contributed by atoms with Crippen molar-refractivity contribution < 1.29 is 4.39 Å². The normalized spacial score (nSPS) is 12.8. The van der Waals surface area contributed by atoms with Crippen LogP contribution in [0.25, 0.3) is 6.08 Å². The molecule has 0 fully saturated rings. The Labute approximate surface area is 108 Å². The maximum atomic E-state index is 12.8. The van der Waals surface area contributed by atoms with Crippen LogP contribution in [0.3, 0.4) is 0 Å². The molecule has 0 amide bonds. The smallest absolute Gasteiger partial charge is 0.122 e. The molecule has 0 saturated heterocycles. The van der Waals surface area contributed by atoms with Gasteiger partial charge >= 0.3 is 0 Å². The Morgan fingerprint density at radius 3 is 2.67 bits per heavy atom. The number of hydrogen-bond donors (Lipinski definition) is 1. The van der Waals surface area contributed by atoms with E-state index in [0.717, 1.165) is 16.8 Å². The lowest BCUT2D eigenvalue weighted by Crippen LogP contribution is -1.90. The van der Waals surface area contributed by atoms with Crippen molar-refractivity contribution in [3.63, 3.8) is 0 Å². The average molecular weight is 243 g/mol. The van der Waals surface area contributed by atoms with Gasteiger partial charge in [-0.2, -0.15) is 0 Å². The van der Waals surface area contributed by atoms with Gasteiger partial charge < -0.3 is 5.32 Å². The highest BCUT2D eigenvalue weighted by atomic mass is 19.1. The molecular weight excluding hydrogens is 225 g/mol. The largest absolute Gasteiger partial charge is 0.388 e. The van der Waals surface area contributed by atoms with Crippen molar-refractivity contribution in [1.29, 1.82) is 0 Å². The van der Waals surface area contributed by atoms with Crippen LogP contribution in [0.5, 0.6) is 0 Å². The van der Waals surface area contributed by atoms with E-state index in [1.807, 2.05) is 50.4 Å². The lowest BCUT2D eigenvalue weighted by Gasteiger charge is -2.03. The molecule has 0 saturated carbocycles. The third-order valence-electron chi connectivity index (χ3n) is 2.46. The lowest BCUT2D eigenvalue weighted by atomic mass is 10.1. The molecule has 18 heavy (non-hydrogen) atoms. The first kappa shape index (κ1) is 14.0. The van der Waals surface area contributed by atoms with E-state index in [-0.39, 0.29) is 5.83 Å². The van der Waals surface area contributed by atoms with Crippen molar-refractivity contribution >= 4 is 11.8 Å². The molecule has 2 heteroatoms. The number of allylic oxidation sites excluding steroid dienone is 6. The van der Waals surface area contributed by atoms with Crippen LogP contribution >= 0.6 is 0 Å². The number of para-hydroxylation sites is 1. The number of hydrogen-bond acceptors (Lipinski definition) is 1. The van der Waals surface area contributed by atoms with Gasteiger partial charge in [-0.25, -0.2) is 4.39 Å². The molecule has 0 heterocycles. The Morgan fingerprint density at radius 1 is 1.28 bits per heavy atom. The highest BCUT2D eigenvalue weighted by Gasteiger charge is 1.94. The first-order valence-electron chi connectivity index (χ1n) is 5.78. The Morgan fingerprint density at radius 2 is 2.00 bits per heavy atom. The third kappa shape index (κ3) is 4.42. The van der Waals surface area contributed by atoms with Crippen molar-refractivity contribution in [1.82, 2.24) is 0 Å².